The number of methoxy groups -OCH3 is 2. The molecule has 0 aromatic heterocycles. The van der Waals surface area contributed by atoms with E-state index in [9.17, 15) is 4.79 Å². The van der Waals surface area contributed by atoms with E-state index in [1.165, 1.54) is 30.5 Å². The molecular weight excluding hydrogens is 464 g/mol. The molecule has 37 heavy (non-hydrogen) atoms. The number of piperidine rings is 1. The first kappa shape index (κ1) is 22.2. The number of hydrogen-bond donors (Lipinski definition) is 1. The molecule has 4 bridgehead atoms. The molecule has 6 nitrogen and oxygen atoms in total. The number of benzene rings is 2. The number of nitrogens with zero attached hydrogens (tertiary/aromatic N) is 1. The van der Waals surface area contributed by atoms with Gasteiger partial charge in [-0.2, -0.15) is 0 Å². The highest BCUT2D eigenvalue weighted by Crippen LogP contribution is 2.73. The highest BCUT2D eigenvalue weighted by molar-refractivity contribution is 5.94. The monoisotopic (exact) mass is 498 g/mol. The third kappa shape index (κ3) is 2.61. The van der Waals surface area contributed by atoms with Crippen LogP contribution in [-0.4, -0.2) is 61.9 Å². The third-order valence-electron chi connectivity index (χ3n) is 10.7. The van der Waals surface area contributed by atoms with Crippen molar-refractivity contribution in [3.63, 3.8) is 0 Å². The molecule has 0 radical (unpaired) electrons. The van der Waals surface area contributed by atoms with Crippen LogP contribution in [0.5, 0.6) is 11.5 Å². The van der Waals surface area contributed by atoms with Crippen molar-refractivity contribution in [2.24, 2.45) is 11.3 Å². The average Bonchev–Trinajstić information content (AvgIpc) is 3.67. The fourth-order valence-electron chi connectivity index (χ4n) is 8.92. The first-order valence-electron chi connectivity index (χ1n) is 13.8. The van der Waals surface area contributed by atoms with Crippen molar-refractivity contribution >= 4 is 5.91 Å². The number of amides is 1. The number of rotatable bonds is 6. The summed E-state index contributed by atoms with van der Waals surface area (Å²) in [6, 6.07) is 14.0. The summed E-state index contributed by atoms with van der Waals surface area (Å²) in [4.78, 5) is 16.2. The van der Waals surface area contributed by atoms with Gasteiger partial charge in [0.2, 0.25) is 0 Å². The van der Waals surface area contributed by atoms with Gasteiger partial charge in [0.1, 0.15) is 11.7 Å². The minimum absolute atomic E-state index is 0.0574. The van der Waals surface area contributed by atoms with E-state index in [-0.39, 0.29) is 28.9 Å². The van der Waals surface area contributed by atoms with Crippen LogP contribution < -0.4 is 14.8 Å². The summed E-state index contributed by atoms with van der Waals surface area (Å²) in [5, 5.41) is 3.42. The average molecular weight is 499 g/mol. The largest absolute Gasteiger partial charge is 0.493 e. The van der Waals surface area contributed by atoms with Crippen molar-refractivity contribution < 1.29 is 19.0 Å². The van der Waals surface area contributed by atoms with Gasteiger partial charge in [-0.1, -0.05) is 36.4 Å². The number of carbonyl (C=O) groups excluding carboxylic acids is 1. The van der Waals surface area contributed by atoms with Crippen LogP contribution in [0.4, 0.5) is 0 Å². The van der Waals surface area contributed by atoms with Crippen LogP contribution >= 0.6 is 0 Å². The molecular formula is C31H34N2O4. The standard InChI is InChI=1S/C31H34N2O4/c1-35-22-11-10-21-16-24-29-12-13-31(36-2,23(17-29)32-27(34)20-6-4-3-5-7-20)28-30(29,25(21)26(22)37-28)14-15-33(24)18-19-8-9-19/h3-7,10-13,19,23-24,28H,8-9,14-18H2,1-2H3,(H,32,34)/t23?,24-,28?,29-,30+,31-/m1/s1. The van der Waals surface area contributed by atoms with E-state index in [1.807, 2.05) is 30.3 Å². The Morgan fingerprint density at radius 2 is 1.97 bits per heavy atom. The van der Waals surface area contributed by atoms with Gasteiger partial charge in [-0.15, -0.1) is 0 Å². The molecule has 7 aliphatic rings. The molecule has 3 fully saturated rings. The Balaban J connectivity index is 1.30. The Bertz CT molecular complexity index is 1320. The van der Waals surface area contributed by atoms with Gasteiger partial charge >= 0.3 is 0 Å². The molecule has 2 aromatic carbocycles. The predicted octanol–water partition coefficient (Wildman–Crippen LogP) is 3.88. The van der Waals surface area contributed by atoms with Gasteiger partial charge in [0, 0.05) is 36.2 Å². The van der Waals surface area contributed by atoms with Crippen LogP contribution in [0.15, 0.2) is 54.6 Å². The Kier molecular flexibility index (Phi) is 4.43. The first-order valence-corrected chi connectivity index (χ1v) is 13.8. The first-order chi connectivity index (χ1) is 18.1. The van der Waals surface area contributed by atoms with Crippen LogP contribution in [0.25, 0.3) is 0 Å². The molecule has 1 N–H and O–H groups in total. The molecule has 2 aromatic rings. The molecule has 6 heteroatoms. The van der Waals surface area contributed by atoms with Crippen LogP contribution in [0.2, 0.25) is 0 Å². The van der Waals surface area contributed by atoms with Gasteiger partial charge in [0.15, 0.2) is 11.5 Å². The predicted molar refractivity (Wildman–Crippen MR) is 139 cm³/mol. The van der Waals surface area contributed by atoms with Crippen molar-refractivity contribution in [2.45, 2.75) is 61.3 Å². The molecule has 2 saturated carbocycles. The smallest absolute Gasteiger partial charge is 0.251 e. The lowest BCUT2D eigenvalue weighted by Gasteiger charge is -2.71. The number of hydrogen-bond acceptors (Lipinski definition) is 5. The molecule has 2 aliphatic heterocycles. The molecule has 192 valence electrons. The zero-order chi connectivity index (χ0) is 25.0. The van der Waals surface area contributed by atoms with Crippen LogP contribution in [0, 0.1) is 11.3 Å². The quantitative estimate of drug-likeness (QED) is 0.613. The van der Waals surface area contributed by atoms with Crippen LogP contribution in [0.1, 0.15) is 47.2 Å². The second kappa shape index (κ2) is 7.39. The SMILES string of the molecule is COc1ccc2c3c1OC1[C@@]4(OC)C=C[C@@]5(CC4NC(=O)c4ccccc4)[C@@H](C2)N(CC2CC2)CC[C@]315. The Labute approximate surface area is 218 Å². The van der Waals surface area contributed by atoms with E-state index in [0.717, 1.165) is 43.2 Å². The second-order valence-corrected chi connectivity index (χ2v) is 12.0. The van der Waals surface area contributed by atoms with Gasteiger partial charge in [-0.05, 0) is 68.3 Å². The molecule has 2 spiro atoms. The fraction of sp³-hybridized carbons (Fsp3) is 0.516. The minimum Gasteiger partial charge on any atom is -0.493 e. The lowest BCUT2D eigenvalue weighted by atomic mass is 9.38. The van der Waals surface area contributed by atoms with Gasteiger partial charge in [-0.3, -0.25) is 9.69 Å². The topological polar surface area (TPSA) is 60.0 Å². The van der Waals surface area contributed by atoms with E-state index in [4.69, 9.17) is 14.2 Å². The van der Waals surface area contributed by atoms with Gasteiger partial charge in [0.25, 0.3) is 5.91 Å². The molecule has 6 atom stereocenters. The highest BCUT2D eigenvalue weighted by atomic mass is 16.6. The number of carbonyl (C=O) groups is 1. The lowest BCUT2D eigenvalue weighted by molar-refractivity contribution is -0.201. The van der Waals surface area contributed by atoms with Crippen molar-refractivity contribution in [2.75, 3.05) is 27.3 Å². The number of fused-ring (bicyclic) bond motifs is 1. The fourth-order valence-corrected chi connectivity index (χ4v) is 8.92. The van der Waals surface area contributed by atoms with Crippen molar-refractivity contribution in [1.82, 2.24) is 10.2 Å². The highest BCUT2D eigenvalue weighted by Gasteiger charge is 2.79. The lowest BCUT2D eigenvalue weighted by Crippen LogP contribution is -2.82. The van der Waals surface area contributed by atoms with Gasteiger partial charge in [-0.25, -0.2) is 0 Å². The minimum atomic E-state index is -0.756. The van der Waals surface area contributed by atoms with E-state index in [1.54, 1.807) is 14.2 Å². The van der Waals surface area contributed by atoms with Crippen LogP contribution in [0.3, 0.4) is 0 Å². The molecule has 1 saturated heterocycles. The van der Waals surface area contributed by atoms with E-state index in [2.05, 4.69) is 34.5 Å². The summed E-state index contributed by atoms with van der Waals surface area (Å²) in [5.74, 6) is 2.46. The summed E-state index contributed by atoms with van der Waals surface area (Å²) < 4.78 is 19.3. The maximum absolute atomic E-state index is 13.5. The maximum atomic E-state index is 13.5. The summed E-state index contributed by atoms with van der Waals surface area (Å²) in [7, 11) is 3.50. The molecule has 9 rings (SSSR count). The molecule has 1 amide bonds. The summed E-state index contributed by atoms with van der Waals surface area (Å²) in [6.07, 6.45) is 10.1. The molecule has 5 aliphatic carbocycles. The van der Waals surface area contributed by atoms with E-state index < -0.39 is 5.60 Å². The number of ether oxygens (including phenoxy) is 3. The Morgan fingerprint density at radius 1 is 1.14 bits per heavy atom. The Hall–Kier alpha value is -2.83. The normalized spacial score (nSPS) is 38.2. The summed E-state index contributed by atoms with van der Waals surface area (Å²) in [6.45, 7) is 2.25. The van der Waals surface area contributed by atoms with Crippen LogP contribution in [-0.2, 0) is 16.6 Å². The Morgan fingerprint density at radius 3 is 2.73 bits per heavy atom. The van der Waals surface area contributed by atoms with Crippen molar-refractivity contribution in [3.8, 4) is 11.5 Å². The zero-order valence-corrected chi connectivity index (χ0v) is 21.5. The van der Waals surface area contributed by atoms with Crippen molar-refractivity contribution in [3.05, 3.63) is 71.3 Å². The third-order valence-corrected chi connectivity index (χ3v) is 10.7. The van der Waals surface area contributed by atoms with E-state index >= 15 is 0 Å². The maximum Gasteiger partial charge on any atom is 0.251 e. The van der Waals surface area contributed by atoms with Gasteiger partial charge < -0.3 is 19.5 Å². The molecule has 2 unspecified atom stereocenters. The number of likely N-dealkylation sites (tertiary alicyclic amines) is 1. The number of nitrogens with one attached hydrogen (secondary N) is 1. The van der Waals surface area contributed by atoms with Crippen molar-refractivity contribution in [1.29, 1.82) is 0 Å². The van der Waals surface area contributed by atoms with Gasteiger partial charge in [0.05, 0.1) is 18.6 Å². The van der Waals surface area contributed by atoms with E-state index in [0.29, 0.717) is 11.6 Å². The zero-order valence-electron chi connectivity index (χ0n) is 21.5. The summed E-state index contributed by atoms with van der Waals surface area (Å²) >= 11 is 0. The molecule has 2 heterocycles. The summed E-state index contributed by atoms with van der Waals surface area (Å²) in [5.41, 5.74) is 2.33. The second-order valence-electron chi connectivity index (χ2n) is 12.0.